The predicted octanol–water partition coefficient (Wildman–Crippen LogP) is 2.30. The van der Waals surface area contributed by atoms with Gasteiger partial charge in [0.25, 0.3) is 0 Å². The van der Waals surface area contributed by atoms with E-state index in [0.717, 1.165) is 50.8 Å². The highest BCUT2D eigenvalue weighted by Gasteiger charge is 2.15. The third-order valence-corrected chi connectivity index (χ3v) is 3.62. The van der Waals surface area contributed by atoms with Crippen molar-refractivity contribution in [3.05, 3.63) is 29.8 Å². The molecule has 0 aromatic heterocycles. The first-order valence-corrected chi connectivity index (χ1v) is 7.17. The standard InChI is InChI=1S/C16H22N2O2/c1-18(13-14-5-8-19-9-6-14)7-10-20-16-4-2-3-15(11-16)12-17/h2-4,11,14H,5-10,13H2,1H3. The van der Waals surface area contributed by atoms with Crippen LogP contribution in [0.3, 0.4) is 0 Å². The Hall–Kier alpha value is -1.57. The minimum atomic E-state index is 0.637. The summed E-state index contributed by atoms with van der Waals surface area (Å²) < 4.78 is 11.1. The minimum Gasteiger partial charge on any atom is -0.492 e. The summed E-state index contributed by atoms with van der Waals surface area (Å²) in [6.07, 6.45) is 2.32. The summed E-state index contributed by atoms with van der Waals surface area (Å²) in [5.74, 6) is 1.51. The van der Waals surface area contributed by atoms with Crippen molar-refractivity contribution in [3.8, 4) is 11.8 Å². The van der Waals surface area contributed by atoms with E-state index in [0.29, 0.717) is 12.2 Å². The molecule has 1 aromatic rings. The van der Waals surface area contributed by atoms with E-state index in [1.54, 1.807) is 12.1 Å². The summed E-state index contributed by atoms with van der Waals surface area (Å²) in [6, 6.07) is 9.41. The zero-order chi connectivity index (χ0) is 14.2. The first-order chi connectivity index (χ1) is 9.78. The lowest BCUT2D eigenvalue weighted by molar-refractivity contribution is 0.0543. The van der Waals surface area contributed by atoms with Crippen LogP contribution in [0.15, 0.2) is 24.3 Å². The molecule has 1 aromatic carbocycles. The number of benzene rings is 1. The number of rotatable bonds is 6. The van der Waals surface area contributed by atoms with Crippen LogP contribution in [-0.2, 0) is 4.74 Å². The van der Waals surface area contributed by atoms with Crippen LogP contribution in [0.25, 0.3) is 0 Å². The average Bonchev–Trinajstić information content (AvgIpc) is 2.48. The lowest BCUT2D eigenvalue weighted by atomic mass is 10.00. The third kappa shape index (κ3) is 4.84. The van der Waals surface area contributed by atoms with Gasteiger partial charge in [0.2, 0.25) is 0 Å². The van der Waals surface area contributed by atoms with Crippen LogP contribution in [0.1, 0.15) is 18.4 Å². The van der Waals surface area contributed by atoms with Gasteiger partial charge in [0.15, 0.2) is 0 Å². The highest BCUT2D eigenvalue weighted by Crippen LogP contribution is 2.16. The lowest BCUT2D eigenvalue weighted by Crippen LogP contribution is -2.32. The van der Waals surface area contributed by atoms with Crippen LogP contribution < -0.4 is 4.74 Å². The molecular weight excluding hydrogens is 252 g/mol. The summed E-state index contributed by atoms with van der Waals surface area (Å²) in [4.78, 5) is 2.31. The molecule has 20 heavy (non-hydrogen) atoms. The van der Waals surface area contributed by atoms with Crippen molar-refractivity contribution in [2.45, 2.75) is 12.8 Å². The van der Waals surface area contributed by atoms with Gasteiger partial charge in [-0.2, -0.15) is 5.26 Å². The third-order valence-electron chi connectivity index (χ3n) is 3.62. The van der Waals surface area contributed by atoms with E-state index < -0.39 is 0 Å². The van der Waals surface area contributed by atoms with Gasteiger partial charge in [-0.15, -0.1) is 0 Å². The maximum absolute atomic E-state index is 8.83. The number of hydrogen-bond acceptors (Lipinski definition) is 4. The highest BCUT2D eigenvalue weighted by atomic mass is 16.5. The summed E-state index contributed by atoms with van der Waals surface area (Å²) >= 11 is 0. The molecule has 1 fully saturated rings. The maximum Gasteiger partial charge on any atom is 0.120 e. The fraction of sp³-hybridized carbons (Fsp3) is 0.562. The zero-order valence-corrected chi connectivity index (χ0v) is 12.0. The van der Waals surface area contributed by atoms with Crippen molar-refractivity contribution in [3.63, 3.8) is 0 Å². The smallest absolute Gasteiger partial charge is 0.120 e. The van der Waals surface area contributed by atoms with Crippen LogP contribution in [-0.4, -0.2) is 44.9 Å². The van der Waals surface area contributed by atoms with E-state index in [9.17, 15) is 0 Å². The molecule has 4 heteroatoms. The van der Waals surface area contributed by atoms with Gasteiger partial charge in [0, 0.05) is 26.3 Å². The SMILES string of the molecule is CN(CCOc1cccc(C#N)c1)CC1CCOCC1. The van der Waals surface area contributed by atoms with Crippen molar-refractivity contribution >= 4 is 0 Å². The van der Waals surface area contributed by atoms with Gasteiger partial charge in [-0.05, 0) is 44.0 Å². The topological polar surface area (TPSA) is 45.5 Å². The molecule has 0 spiro atoms. The molecule has 0 saturated carbocycles. The summed E-state index contributed by atoms with van der Waals surface area (Å²) in [5.41, 5.74) is 0.637. The largest absolute Gasteiger partial charge is 0.492 e. The van der Waals surface area contributed by atoms with E-state index >= 15 is 0 Å². The van der Waals surface area contributed by atoms with Gasteiger partial charge in [-0.25, -0.2) is 0 Å². The highest BCUT2D eigenvalue weighted by molar-refractivity contribution is 5.36. The normalized spacial score (nSPS) is 16.1. The van der Waals surface area contributed by atoms with Crippen molar-refractivity contribution in [2.24, 2.45) is 5.92 Å². The average molecular weight is 274 g/mol. The molecule has 0 bridgehead atoms. The molecule has 108 valence electrons. The molecule has 0 atom stereocenters. The maximum atomic E-state index is 8.83. The van der Waals surface area contributed by atoms with E-state index in [2.05, 4.69) is 18.0 Å². The molecule has 1 heterocycles. The first-order valence-electron chi connectivity index (χ1n) is 7.17. The van der Waals surface area contributed by atoms with Gasteiger partial charge in [0.1, 0.15) is 12.4 Å². The Bertz CT molecular complexity index is 450. The van der Waals surface area contributed by atoms with Crippen LogP contribution >= 0.6 is 0 Å². The summed E-state index contributed by atoms with van der Waals surface area (Å²) in [5, 5.41) is 8.83. The van der Waals surface area contributed by atoms with Gasteiger partial charge >= 0.3 is 0 Å². The molecule has 0 radical (unpaired) electrons. The van der Waals surface area contributed by atoms with E-state index in [1.165, 1.54) is 0 Å². The fourth-order valence-corrected chi connectivity index (χ4v) is 2.44. The van der Waals surface area contributed by atoms with Crippen LogP contribution in [0.5, 0.6) is 5.75 Å². The molecule has 2 rings (SSSR count). The second-order valence-electron chi connectivity index (χ2n) is 5.31. The molecule has 1 saturated heterocycles. The summed E-state index contributed by atoms with van der Waals surface area (Å²) in [7, 11) is 2.13. The van der Waals surface area contributed by atoms with E-state index in [4.69, 9.17) is 14.7 Å². The van der Waals surface area contributed by atoms with Gasteiger partial charge in [-0.1, -0.05) is 6.07 Å². The number of likely N-dealkylation sites (N-methyl/N-ethyl adjacent to an activating group) is 1. The molecule has 0 N–H and O–H groups in total. The predicted molar refractivity (Wildman–Crippen MR) is 77.7 cm³/mol. The Morgan fingerprint density at radius 3 is 2.95 bits per heavy atom. The Morgan fingerprint density at radius 1 is 1.40 bits per heavy atom. The molecule has 0 amide bonds. The Kier molecular flexibility index (Phi) is 5.85. The molecule has 0 unspecified atom stereocenters. The van der Waals surface area contributed by atoms with Crippen LogP contribution in [0, 0.1) is 17.2 Å². The monoisotopic (exact) mass is 274 g/mol. The quantitative estimate of drug-likeness (QED) is 0.798. The van der Waals surface area contributed by atoms with Gasteiger partial charge in [0.05, 0.1) is 11.6 Å². The second-order valence-corrected chi connectivity index (χ2v) is 5.31. The Labute approximate surface area is 120 Å². The Balaban J connectivity index is 1.68. The van der Waals surface area contributed by atoms with Crippen LogP contribution in [0.4, 0.5) is 0 Å². The first kappa shape index (κ1) is 14.8. The number of nitrogens with zero attached hydrogens (tertiary/aromatic N) is 2. The van der Waals surface area contributed by atoms with E-state index in [-0.39, 0.29) is 0 Å². The van der Waals surface area contributed by atoms with Crippen LogP contribution in [0.2, 0.25) is 0 Å². The molecule has 4 nitrogen and oxygen atoms in total. The lowest BCUT2D eigenvalue weighted by Gasteiger charge is -2.27. The van der Waals surface area contributed by atoms with Gasteiger partial charge in [-0.3, -0.25) is 0 Å². The molecule has 1 aliphatic heterocycles. The molecule has 1 aliphatic rings. The van der Waals surface area contributed by atoms with Crippen molar-refractivity contribution in [1.29, 1.82) is 5.26 Å². The fourth-order valence-electron chi connectivity index (χ4n) is 2.44. The number of ether oxygens (including phenoxy) is 2. The van der Waals surface area contributed by atoms with E-state index in [1.807, 2.05) is 12.1 Å². The molecular formula is C16H22N2O2. The number of hydrogen-bond donors (Lipinski definition) is 0. The summed E-state index contributed by atoms with van der Waals surface area (Å²) in [6.45, 7) is 4.44. The van der Waals surface area contributed by atoms with Crippen molar-refractivity contribution in [1.82, 2.24) is 4.90 Å². The Morgan fingerprint density at radius 2 is 2.20 bits per heavy atom. The van der Waals surface area contributed by atoms with Crippen molar-refractivity contribution in [2.75, 3.05) is 40.0 Å². The second kappa shape index (κ2) is 7.88. The number of nitriles is 1. The van der Waals surface area contributed by atoms with Gasteiger partial charge < -0.3 is 14.4 Å². The zero-order valence-electron chi connectivity index (χ0n) is 12.0. The van der Waals surface area contributed by atoms with Crippen molar-refractivity contribution < 1.29 is 9.47 Å². The minimum absolute atomic E-state index is 0.637. The molecule has 0 aliphatic carbocycles.